The van der Waals surface area contributed by atoms with Crippen molar-refractivity contribution in [1.29, 1.82) is 0 Å². The molecule has 4 heteroatoms. The second kappa shape index (κ2) is 20.4. The van der Waals surface area contributed by atoms with Gasteiger partial charge in [-0.05, 0) is 140 Å². The van der Waals surface area contributed by atoms with Crippen LogP contribution in [0.1, 0.15) is 0 Å². The van der Waals surface area contributed by atoms with E-state index in [0.29, 0.717) is 17.5 Å². The Hall–Kier alpha value is -10.7. The molecule has 0 saturated carbocycles. The average Bonchev–Trinajstić information content (AvgIpc) is 4.14. The lowest BCUT2D eigenvalue weighted by molar-refractivity contribution is 1.07. The quantitative estimate of drug-likeness (QED) is 0.130. The van der Waals surface area contributed by atoms with E-state index in [0.717, 1.165) is 111 Å². The van der Waals surface area contributed by atoms with Crippen molar-refractivity contribution >= 4 is 21.8 Å². The summed E-state index contributed by atoms with van der Waals surface area (Å²) in [7, 11) is 0. The Labute approximate surface area is 460 Å². The molecule has 2 aromatic heterocycles. The molecule has 0 aliphatic heterocycles. The second-order valence-electron chi connectivity index (χ2n) is 19.8. The molecule has 0 bridgehead atoms. The lowest BCUT2D eigenvalue weighted by Crippen LogP contribution is -2.04. The summed E-state index contributed by atoms with van der Waals surface area (Å²) in [5.41, 5.74) is 21.1. The van der Waals surface area contributed by atoms with Crippen molar-refractivity contribution in [2.45, 2.75) is 0 Å². The average molecular weight is 1010 g/mol. The van der Waals surface area contributed by atoms with Crippen molar-refractivity contribution in [2.75, 3.05) is 0 Å². The number of rotatable bonds is 11. The smallest absolute Gasteiger partial charge is 0.164 e. The SMILES string of the molecule is c1ccc(-c2cc(-c3nc(-c4ccc(-c5ccccc5)cc4)nc(-c4cc(-c5ccccc5)cc(-c5ccccc5)c4)n3)cc(-c3ccccc3)c2-n2c3ccc(-c4ccccc4)cc3c3cc(-c4ccccc4)ccc32)cc#1. The minimum absolute atomic E-state index is 0.553. The van der Waals surface area contributed by atoms with Gasteiger partial charge in [-0.15, -0.1) is 0 Å². The van der Waals surface area contributed by atoms with Crippen LogP contribution in [0.5, 0.6) is 0 Å². The lowest BCUT2D eigenvalue weighted by atomic mass is 9.92. The minimum atomic E-state index is 0.553. The first-order valence-electron chi connectivity index (χ1n) is 26.6. The molecule has 4 nitrogen and oxygen atoms in total. The van der Waals surface area contributed by atoms with Gasteiger partial charge in [-0.1, -0.05) is 231 Å². The van der Waals surface area contributed by atoms with Crippen molar-refractivity contribution in [3.05, 3.63) is 303 Å². The Balaban J connectivity index is 1.04. The molecule has 0 aliphatic carbocycles. The van der Waals surface area contributed by atoms with Crippen LogP contribution >= 0.6 is 0 Å². The molecular weight excluding hydrogens is 957 g/mol. The van der Waals surface area contributed by atoms with Crippen molar-refractivity contribution in [3.8, 4) is 118 Å². The maximum absolute atomic E-state index is 5.53. The molecule has 14 rings (SSSR count). The van der Waals surface area contributed by atoms with Gasteiger partial charge in [0.1, 0.15) is 0 Å². The first-order valence-corrected chi connectivity index (χ1v) is 26.6. The van der Waals surface area contributed by atoms with Gasteiger partial charge < -0.3 is 4.57 Å². The number of fused-ring (bicyclic) bond motifs is 3. The van der Waals surface area contributed by atoms with Gasteiger partial charge in [0.05, 0.1) is 16.7 Å². The highest BCUT2D eigenvalue weighted by molar-refractivity contribution is 6.13. The summed E-state index contributed by atoms with van der Waals surface area (Å²) < 4.78 is 2.46. The largest absolute Gasteiger partial charge is 0.308 e. The highest BCUT2D eigenvalue weighted by atomic mass is 15.0. The summed E-state index contributed by atoms with van der Waals surface area (Å²) in [6, 6.07) is 110. The topological polar surface area (TPSA) is 43.6 Å². The highest BCUT2D eigenvalue weighted by Crippen LogP contribution is 2.45. The van der Waals surface area contributed by atoms with E-state index in [2.05, 4.69) is 290 Å². The molecule has 0 radical (unpaired) electrons. The Morgan fingerprint density at radius 2 is 0.582 bits per heavy atom. The van der Waals surface area contributed by atoms with Crippen LogP contribution in [0.25, 0.3) is 140 Å². The zero-order valence-electron chi connectivity index (χ0n) is 43.0. The molecule has 12 aromatic carbocycles. The summed E-state index contributed by atoms with van der Waals surface area (Å²) in [6.07, 6.45) is 0. The van der Waals surface area contributed by atoms with Crippen molar-refractivity contribution < 1.29 is 0 Å². The van der Waals surface area contributed by atoms with Crippen molar-refractivity contribution in [3.63, 3.8) is 0 Å². The molecule has 0 N–H and O–H groups in total. The van der Waals surface area contributed by atoms with Gasteiger partial charge in [0, 0.05) is 38.6 Å². The van der Waals surface area contributed by atoms with Crippen LogP contribution in [0, 0.1) is 12.1 Å². The van der Waals surface area contributed by atoms with E-state index in [4.69, 9.17) is 15.0 Å². The molecule has 2 heterocycles. The summed E-state index contributed by atoms with van der Waals surface area (Å²) in [5.74, 6) is 1.70. The van der Waals surface area contributed by atoms with E-state index >= 15 is 0 Å². The van der Waals surface area contributed by atoms with Crippen LogP contribution in [0.4, 0.5) is 0 Å². The standard InChI is InChI=1S/C75H48N4/c1-8-22-51(23-9-1)56-36-38-59(39-37-56)73-76-74(64-45-62(54-28-14-4-15-29-54)44-63(46-64)55-30-16-5-17-31-55)78-75(77-73)65-49-66(57-32-18-6-19-33-57)72(67(50-65)58-34-20-7-21-35-58)79-70-42-40-60(52-24-10-2-11-25-52)47-68(70)69-48-61(41-43-71(69)79)53-26-12-3-13-27-53/h1-6,8-20,22-50H. The third-order valence-corrected chi connectivity index (χ3v) is 14.9. The minimum Gasteiger partial charge on any atom is -0.308 e. The van der Waals surface area contributed by atoms with Crippen LogP contribution in [0.2, 0.25) is 0 Å². The van der Waals surface area contributed by atoms with E-state index in [9.17, 15) is 0 Å². The number of nitrogens with zero attached hydrogens (tertiary/aromatic N) is 4. The number of aromatic nitrogens is 4. The van der Waals surface area contributed by atoms with E-state index < -0.39 is 0 Å². The molecule has 0 spiro atoms. The molecule has 0 fully saturated rings. The normalized spacial score (nSPS) is 11.2. The second-order valence-corrected chi connectivity index (χ2v) is 19.8. The van der Waals surface area contributed by atoms with Gasteiger partial charge in [0.15, 0.2) is 17.5 Å². The molecule has 0 aliphatic rings. The van der Waals surface area contributed by atoms with Gasteiger partial charge in [-0.3, -0.25) is 0 Å². The van der Waals surface area contributed by atoms with Gasteiger partial charge in [0.2, 0.25) is 0 Å². The summed E-state index contributed by atoms with van der Waals surface area (Å²) in [5, 5.41) is 2.32. The monoisotopic (exact) mass is 1000 g/mol. The fourth-order valence-electron chi connectivity index (χ4n) is 11.0. The number of hydrogen-bond donors (Lipinski definition) is 0. The Bertz CT molecular complexity index is 4250. The van der Waals surface area contributed by atoms with E-state index in [-0.39, 0.29) is 0 Å². The lowest BCUT2D eigenvalue weighted by Gasteiger charge is -2.21. The van der Waals surface area contributed by atoms with E-state index in [1.165, 1.54) is 11.1 Å². The Morgan fingerprint density at radius 3 is 1.03 bits per heavy atom. The van der Waals surface area contributed by atoms with Crippen LogP contribution in [0.3, 0.4) is 0 Å². The predicted octanol–water partition coefficient (Wildman–Crippen LogP) is 19.2. The Kier molecular flexibility index (Phi) is 12.1. The number of hydrogen-bond acceptors (Lipinski definition) is 3. The summed E-state index contributed by atoms with van der Waals surface area (Å²) >= 11 is 0. The third-order valence-electron chi connectivity index (χ3n) is 14.9. The predicted molar refractivity (Wildman–Crippen MR) is 326 cm³/mol. The molecule has 14 aromatic rings. The fourth-order valence-corrected chi connectivity index (χ4v) is 11.0. The molecule has 368 valence electrons. The Morgan fingerprint density at radius 1 is 0.241 bits per heavy atom. The van der Waals surface area contributed by atoms with Crippen LogP contribution in [-0.2, 0) is 0 Å². The van der Waals surface area contributed by atoms with Crippen LogP contribution in [-0.4, -0.2) is 19.5 Å². The molecule has 79 heavy (non-hydrogen) atoms. The van der Waals surface area contributed by atoms with Gasteiger partial charge in [-0.2, -0.15) is 0 Å². The van der Waals surface area contributed by atoms with Gasteiger partial charge in [0.25, 0.3) is 0 Å². The molecule has 0 atom stereocenters. The highest BCUT2D eigenvalue weighted by Gasteiger charge is 2.24. The van der Waals surface area contributed by atoms with Crippen molar-refractivity contribution in [1.82, 2.24) is 19.5 Å². The van der Waals surface area contributed by atoms with E-state index in [1.807, 2.05) is 18.2 Å². The van der Waals surface area contributed by atoms with E-state index in [1.54, 1.807) is 0 Å². The zero-order valence-corrected chi connectivity index (χ0v) is 43.0. The maximum atomic E-state index is 5.53. The molecule has 0 amide bonds. The molecular formula is C75H48N4. The zero-order chi connectivity index (χ0) is 52.5. The van der Waals surface area contributed by atoms with Gasteiger partial charge >= 0.3 is 0 Å². The summed E-state index contributed by atoms with van der Waals surface area (Å²) in [4.78, 5) is 16.4. The summed E-state index contributed by atoms with van der Waals surface area (Å²) in [6.45, 7) is 0. The molecule has 0 saturated heterocycles. The van der Waals surface area contributed by atoms with Crippen molar-refractivity contribution in [2.24, 2.45) is 0 Å². The first kappa shape index (κ1) is 46.8. The van der Waals surface area contributed by atoms with Crippen LogP contribution in [0.15, 0.2) is 291 Å². The number of benzene rings is 11. The third kappa shape index (κ3) is 9.12. The molecule has 0 unspecified atom stereocenters. The fraction of sp³-hybridized carbons (Fsp3) is 0. The maximum Gasteiger partial charge on any atom is 0.164 e. The first-order chi connectivity index (χ1) is 39.1. The van der Waals surface area contributed by atoms with Gasteiger partial charge in [-0.25, -0.2) is 15.0 Å². The van der Waals surface area contributed by atoms with Crippen LogP contribution < -0.4 is 0 Å².